The van der Waals surface area contributed by atoms with Crippen LogP contribution < -0.4 is 10.6 Å². The molecule has 0 saturated heterocycles. The van der Waals surface area contributed by atoms with Crippen molar-refractivity contribution in [3.8, 4) is 6.07 Å². The number of carbonyl (C=O) groups is 3. The number of carbonyl (C=O) groups excluding carboxylic acids is 3. The minimum absolute atomic E-state index is 0.284. The Bertz CT molecular complexity index is 1220. The number of nitrogens with one attached hydrogen (secondary N) is 2. The first-order chi connectivity index (χ1) is 18.3. The summed E-state index contributed by atoms with van der Waals surface area (Å²) in [6, 6.07) is 10.6. The Labute approximate surface area is 240 Å². The van der Waals surface area contributed by atoms with Crippen molar-refractivity contribution in [2.75, 3.05) is 23.9 Å². The zero-order valence-electron chi connectivity index (χ0n) is 23.6. The number of ether oxygens (including phenoxy) is 1. The lowest BCUT2D eigenvalue weighted by Gasteiger charge is -2.33. The SMILES string of the molecule is CSCCC(NC(=O)OC(C)(C)C)C(=O)N(CC#N)C(C(=O)Nc1c(C)cccc1Cl)c1ccc(C)c(C)c1. The summed E-state index contributed by atoms with van der Waals surface area (Å²) in [7, 11) is 0. The molecule has 210 valence electrons. The summed E-state index contributed by atoms with van der Waals surface area (Å²) < 4.78 is 5.38. The lowest BCUT2D eigenvalue weighted by atomic mass is 9.98. The number of amides is 3. The molecule has 2 atom stereocenters. The Kier molecular flexibility index (Phi) is 11.7. The van der Waals surface area contributed by atoms with Gasteiger partial charge in [-0.05, 0) is 88.3 Å². The van der Waals surface area contributed by atoms with Gasteiger partial charge in [-0.15, -0.1) is 0 Å². The van der Waals surface area contributed by atoms with Gasteiger partial charge in [-0.2, -0.15) is 17.0 Å². The monoisotopic (exact) mass is 572 g/mol. The van der Waals surface area contributed by atoms with Crippen LogP contribution in [0.15, 0.2) is 36.4 Å². The number of alkyl carbamates (subject to hydrolysis) is 1. The Hall–Kier alpha value is -3.22. The van der Waals surface area contributed by atoms with E-state index in [1.807, 2.05) is 51.3 Å². The highest BCUT2D eigenvalue weighted by Gasteiger charge is 2.36. The fraction of sp³-hybridized carbons (Fsp3) is 0.448. The molecule has 8 nitrogen and oxygen atoms in total. The number of rotatable bonds is 10. The van der Waals surface area contributed by atoms with Crippen molar-refractivity contribution in [3.05, 3.63) is 63.7 Å². The van der Waals surface area contributed by atoms with E-state index in [4.69, 9.17) is 16.3 Å². The van der Waals surface area contributed by atoms with Gasteiger partial charge in [-0.1, -0.05) is 41.9 Å². The maximum atomic E-state index is 14.0. The molecule has 0 aliphatic carbocycles. The van der Waals surface area contributed by atoms with Crippen LogP contribution in [0, 0.1) is 32.1 Å². The number of halogens is 1. The maximum Gasteiger partial charge on any atom is 0.408 e. The topological polar surface area (TPSA) is 112 Å². The highest BCUT2D eigenvalue weighted by Crippen LogP contribution is 2.30. The molecule has 0 heterocycles. The summed E-state index contributed by atoms with van der Waals surface area (Å²) in [4.78, 5) is 41.7. The summed E-state index contributed by atoms with van der Waals surface area (Å²) in [5.41, 5.74) is 2.88. The Morgan fingerprint density at radius 3 is 2.36 bits per heavy atom. The third-order valence-corrected chi connectivity index (χ3v) is 6.96. The van der Waals surface area contributed by atoms with Crippen molar-refractivity contribution < 1.29 is 19.1 Å². The molecule has 0 spiro atoms. The lowest BCUT2D eigenvalue weighted by Crippen LogP contribution is -2.52. The van der Waals surface area contributed by atoms with E-state index >= 15 is 0 Å². The van der Waals surface area contributed by atoms with Crippen LogP contribution in [0.4, 0.5) is 10.5 Å². The molecular weight excluding hydrogens is 536 g/mol. The number of nitrogens with zero attached hydrogens (tertiary/aromatic N) is 2. The van der Waals surface area contributed by atoms with Crippen LogP contribution in [0.2, 0.25) is 5.02 Å². The van der Waals surface area contributed by atoms with Gasteiger partial charge in [0.15, 0.2) is 0 Å². The molecule has 10 heteroatoms. The maximum absolute atomic E-state index is 14.0. The predicted molar refractivity (Wildman–Crippen MR) is 157 cm³/mol. The summed E-state index contributed by atoms with van der Waals surface area (Å²) in [6.45, 7) is 10.5. The molecule has 2 rings (SSSR count). The number of thioether (sulfide) groups is 1. The summed E-state index contributed by atoms with van der Waals surface area (Å²) in [5.74, 6) is -0.531. The van der Waals surface area contributed by atoms with E-state index in [1.54, 1.807) is 39.0 Å². The molecular formula is C29H37ClN4O4S. The second kappa shape index (κ2) is 14.2. The molecule has 0 aliphatic rings. The van der Waals surface area contributed by atoms with Gasteiger partial charge in [0.25, 0.3) is 5.91 Å². The minimum atomic E-state index is -1.16. The molecule has 0 fully saturated rings. The van der Waals surface area contributed by atoms with Gasteiger partial charge < -0.3 is 20.3 Å². The zero-order valence-corrected chi connectivity index (χ0v) is 25.1. The highest BCUT2D eigenvalue weighted by molar-refractivity contribution is 7.98. The first-order valence-electron chi connectivity index (χ1n) is 12.6. The number of para-hydroxylation sites is 1. The Balaban J connectivity index is 2.57. The normalized spacial score (nSPS) is 12.6. The fourth-order valence-corrected chi connectivity index (χ4v) is 4.65. The summed E-state index contributed by atoms with van der Waals surface area (Å²) >= 11 is 7.89. The molecule has 2 unspecified atom stereocenters. The smallest absolute Gasteiger partial charge is 0.408 e. The molecule has 2 aromatic carbocycles. The molecule has 2 aromatic rings. The van der Waals surface area contributed by atoms with Crippen LogP contribution in [-0.2, 0) is 14.3 Å². The van der Waals surface area contributed by atoms with E-state index in [1.165, 1.54) is 16.7 Å². The molecule has 3 amide bonds. The van der Waals surface area contributed by atoms with Gasteiger partial charge in [0.1, 0.15) is 24.2 Å². The quantitative estimate of drug-likeness (QED) is 0.341. The van der Waals surface area contributed by atoms with Crippen LogP contribution >= 0.6 is 23.4 Å². The van der Waals surface area contributed by atoms with Gasteiger partial charge in [-0.25, -0.2) is 4.79 Å². The van der Waals surface area contributed by atoms with E-state index in [9.17, 15) is 19.6 Å². The van der Waals surface area contributed by atoms with Gasteiger partial charge >= 0.3 is 6.09 Å². The number of anilines is 1. The van der Waals surface area contributed by atoms with E-state index < -0.39 is 35.6 Å². The first-order valence-corrected chi connectivity index (χ1v) is 14.3. The van der Waals surface area contributed by atoms with Crippen LogP contribution in [0.3, 0.4) is 0 Å². The molecule has 39 heavy (non-hydrogen) atoms. The lowest BCUT2D eigenvalue weighted by molar-refractivity contribution is -0.140. The van der Waals surface area contributed by atoms with Gasteiger partial charge in [-0.3, -0.25) is 9.59 Å². The second-order valence-electron chi connectivity index (χ2n) is 10.3. The number of benzene rings is 2. The predicted octanol–water partition coefficient (Wildman–Crippen LogP) is 5.94. The van der Waals surface area contributed by atoms with Crippen LogP contribution in [0.5, 0.6) is 0 Å². The molecule has 0 aliphatic heterocycles. The average molecular weight is 573 g/mol. The molecule has 0 saturated carbocycles. The average Bonchev–Trinajstić information content (AvgIpc) is 2.84. The molecule has 0 radical (unpaired) electrons. The van der Waals surface area contributed by atoms with Gasteiger partial charge in [0.05, 0.1) is 16.8 Å². The number of aryl methyl sites for hydroxylation is 3. The van der Waals surface area contributed by atoms with Crippen molar-refractivity contribution in [2.45, 2.75) is 65.6 Å². The standard InChI is InChI=1S/C29H37ClN4O4S/c1-18-11-12-21(17-20(18)3)25(26(35)33-24-19(2)9-8-10-22(24)30)34(15-14-31)27(36)23(13-16-39-7)32-28(37)38-29(4,5)6/h8-12,17,23,25H,13,15-16H2,1-7H3,(H,32,37)(H,33,35). The molecule has 0 bridgehead atoms. The van der Waals surface area contributed by atoms with Gasteiger partial charge in [0.2, 0.25) is 5.91 Å². The van der Waals surface area contributed by atoms with E-state index in [0.29, 0.717) is 22.0 Å². The Morgan fingerprint density at radius 1 is 1.10 bits per heavy atom. The van der Waals surface area contributed by atoms with E-state index in [2.05, 4.69) is 10.6 Å². The second-order valence-corrected chi connectivity index (χ2v) is 11.7. The number of nitriles is 1. The third-order valence-electron chi connectivity index (χ3n) is 6.00. The number of hydrogen-bond donors (Lipinski definition) is 2. The van der Waals surface area contributed by atoms with E-state index in [0.717, 1.165) is 16.7 Å². The van der Waals surface area contributed by atoms with Crippen molar-refractivity contribution in [2.24, 2.45) is 0 Å². The van der Waals surface area contributed by atoms with Crippen LogP contribution in [0.25, 0.3) is 0 Å². The third kappa shape index (κ3) is 9.19. The summed E-state index contributed by atoms with van der Waals surface area (Å²) in [5, 5.41) is 15.6. The summed E-state index contributed by atoms with van der Waals surface area (Å²) in [6.07, 6.45) is 1.42. The first kappa shape index (κ1) is 32.0. The van der Waals surface area contributed by atoms with Gasteiger partial charge in [0, 0.05) is 0 Å². The minimum Gasteiger partial charge on any atom is -0.444 e. The van der Waals surface area contributed by atoms with Crippen molar-refractivity contribution in [1.82, 2.24) is 10.2 Å². The molecule has 2 N–H and O–H groups in total. The highest BCUT2D eigenvalue weighted by atomic mass is 35.5. The largest absolute Gasteiger partial charge is 0.444 e. The Morgan fingerprint density at radius 2 is 1.79 bits per heavy atom. The van der Waals surface area contributed by atoms with Crippen LogP contribution in [-0.4, -0.2) is 53.0 Å². The van der Waals surface area contributed by atoms with Crippen LogP contribution in [0.1, 0.15) is 55.5 Å². The fourth-order valence-electron chi connectivity index (χ4n) is 3.91. The van der Waals surface area contributed by atoms with Crippen molar-refractivity contribution in [3.63, 3.8) is 0 Å². The van der Waals surface area contributed by atoms with E-state index in [-0.39, 0.29) is 13.0 Å². The number of hydrogen-bond acceptors (Lipinski definition) is 6. The van der Waals surface area contributed by atoms with Crippen molar-refractivity contribution >= 4 is 47.0 Å². The zero-order chi connectivity index (χ0) is 29.3. The molecule has 0 aromatic heterocycles. The van der Waals surface area contributed by atoms with Crippen molar-refractivity contribution in [1.29, 1.82) is 5.26 Å².